The highest BCUT2D eigenvalue weighted by Crippen LogP contribution is 2.05. The predicted molar refractivity (Wildman–Crippen MR) is 49.4 cm³/mol. The Morgan fingerprint density at radius 3 is 2.18 bits per heavy atom. The monoisotopic (exact) mass is 159 g/mol. The number of rotatable bonds is 5. The van der Waals surface area contributed by atoms with E-state index < -0.39 is 0 Å². The topological polar surface area (TPSA) is 55.3 Å². The summed E-state index contributed by atoms with van der Waals surface area (Å²) in [5.74, 6) is 0. The van der Waals surface area contributed by atoms with Gasteiger partial charge in [0.2, 0.25) is 0 Å². The van der Waals surface area contributed by atoms with E-state index in [2.05, 4.69) is 25.9 Å². The maximum Gasteiger partial charge on any atom is 0.0238 e. The standard InChI is InChI=1S/C8H21N3/c1-4-8(11(2)3)7(10)5-6-9/h7-8H,4-6,9-10H2,1-3H3. The Balaban J connectivity index is 3.81. The van der Waals surface area contributed by atoms with Crippen LogP contribution in [-0.2, 0) is 0 Å². The van der Waals surface area contributed by atoms with Crippen molar-refractivity contribution < 1.29 is 0 Å². The fourth-order valence-electron chi connectivity index (χ4n) is 1.44. The molecule has 0 aromatic heterocycles. The second-order valence-electron chi connectivity index (χ2n) is 3.18. The molecule has 2 unspecified atom stereocenters. The molecule has 3 nitrogen and oxygen atoms in total. The van der Waals surface area contributed by atoms with E-state index in [0.29, 0.717) is 12.6 Å². The zero-order valence-electron chi connectivity index (χ0n) is 7.88. The minimum atomic E-state index is 0.222. The largest absolute Gasteiger partial charge is 0.330 e. The van der Waals surface area contributed by atoms with Crippen molar-refractivity contribution in [3.63, 3.8) is 0 Å². The van der Waals surface area contributed by atoms with Crippen molar-refractivity contribution in [2.45, 2.75) is 31.8 Å². The third-order valence-corrected chi connectivity index (χ3v) is 2.08. The number of hydrogen-bond donors (Lipinski definition) is 2. The van der Waals surface area contributed by atoms with Crippen LogP contribution in [0.25, 0.3) is 0 Å². The van der Waals surface area contributed by atoms with Gasteiger partial charge in [-0.05, 0) is 33.5 Å². The third-order valence-electron chi connectivity index (χ3n) is 2.08. The fourth-order valence-corrected chi connectivity index (χ4v) is 1.44. The van der Waals surface area contributed by atoms with Gasteiger partial charge in [-0.25, -0.2) is 0 Å². The van der Waals surface area contributed by atoms with E-state index in [1.165, 1.54) is 0 Å². The molecule has 68 valence electrons. The SMILES string of the molecule is CCC(C(N)CCN)N(C)C. The summed E-state index contributed by atoms with van der Waals surface area (Å²) < 4.78 is 0. The summed E-state index contributed by atoms with van der Waals surface area (Å²) in [7, 11) is 4.12. The van der Waals surface area contributed by atoms with Crippen LogP contribution in [0.15, 0.2) is 0 Å². The number of hydrogen-bond acceptors (Lipinski definition) is 3. The zero-order valence-corrected chi connectivity index (χ0v) is 7.88. The average Bonchev–Trinajstić information content (AvgIpc) is 1.88. The molecule has 0 aliphatic rings. The van der Waals surface area contributed by atoms with Gasteiger partial charge in [-0.15, -0.1) is 0 Å². The Morgan fingerprint density at radius 1 is 1.36 bits per heavy atom. The molecule has 0 aliphatic carbocycles. The van der Waals surface area contributed by atoms with E-state index in [9.17, 15) is 0 Å². The highest BCUT2D eigenvalue weighted by molar-refractivity contribution is 4.77. The van der Waals surface area contributed by atoms with Crippen molar-refractivity contribution in [2.24, 2.45) is 11.5 Å². The summed E-state index contributed by atoms with van der Waals surface area (Å²) in [5.41, 5.74) is 11.3. The molecule has 0 saturated carbocycles. The van der Waals surface area contributed by atoms with Crippen molar-refractivity contribution in [2.75, 3.05) is 20.6 Å². The van der Waals surface area contributed by atoms with Crippen LogP contribution >= 0.6 is 0 Å². The molecule has 0 saturated heterocycles. The van der Waals surface area contributed by atoms with Crippen LogP contribution in [0.1, 0.15) is 19.8 Å². The highest BCUT2D eigenvalue weighted by Gasteiger charge is 2.16. The van der Waals surface area contributed by atoms with Crippen LogP contribution in [-0.4, -0.2) is 37.6 Å². The van der Waals surface area contributed by atoms with Gasteiger partial charge in [0.1, 0.15) is 0 Å². The molecule has 0 radical (unpaired) electrons. The van der Waals surface area contributed by atoms with E-state index >= 15 is 0 Å². The van der Waals surface area contributed by atoms with Gasteiger partial charge in [0, 0.05) is 12.1 Å². The number of nitrogens with two attached hydrogens (primary N) is 2. The first-order valence-electron chi connectivity index (χ1n) is 4.25. The van der Waals surface area contributed by atoms with Gasteiger partial charge in [0.05, 0.1) is 0 Å². The summed E-state index contributed by atoms with van der Waals surface area (Å²) in [6, 6.07) is 0.693. The molecule has 0 amide bonds. The van der Waals surface area contributed by atoms with Crippen LogP contribution in [0.2, 0.25) is 0 Å². The molecular formula is C8H21N3. The van der Waals surface area contributed by atoms with Crippen LogP contribution in [0, 0.1) is 0 Å². The number of likely N-dealkylation sites (N-methyl/N-ethyl adjacent to an activating group) is 1. The summed E-state index contributed by atoms with van der Waals surface area (Å²) in [5, 5.41) is 0. The normalized spacial score (nSPS) is 16.9. The van der Waals surface area contributed by atoms with Gasteiger partial charge < -0.3 is 16.4 Å². The lowest BCUT2D eigenvalue weighted by Crippen LogP contribution is -2.44. The molecule has 0 aliphatic heterocycles. The van der Waals surface area contributed by atoms with Gasteiger partial charge in [-0.1, -0.05) is 6.92 Å². The molecule has 4 N–H and O–H groups in total. The van der Waals surface area contributed by atoms with E-state index in [4.69, 9.17) is 11.5 Å². The van der Waals surface area contributed by atoms with Gasteiger partial charge >= 0.3 is 0 Å². The summed E-state index contributed by atoms with van der Waals surface area (Å²) in [4.78, 5) is 2.17. The third kappa shape index (κ3) is 3.70. The van der Waals surface area contributed by atoms with E-state index in [1.54, 1.807) is 0 Å². The molecule has 0 spiro atoms. The van der Waals surface area contributed by atoms with Crippen LogP contribution < -0.4 is 11.5 Å². The first-order chi connectivity index (χ1) is 5.13. The smallest absolute Gasteiger partial charge is 0.0238 e. The second kappa shape index (κ2) is 5.52. The van der Waals surface area contributed by atoms with E-state index in [0.717, 1.165) is 12.8 Å². The summed E-state index contributed by atoms with van der Waals surface area (Å²) in [6.45, 7) is 2.84. The van der Waals surface area contributed by atoms with Gasteiger partial charge in [-0.3, -0.25) is 0 Å². The second-order valence-corrected chi connectivity index (χ2v) is 3.18. The minimum Gasteiger partial charge on any atom is -0.330 e. The van der Waals surface area contributed by atoms with Crippen LogP contribution in [0.5, 0.6) is 0 Å². The van der Waals surface area contributed by atoms with Crippen molar-refractivity contribution in [1.29, 1.82) is 0 Å². The van der Waals surface area contributed by atoms with Crippen LogP contribution in [0.4, 0.5) is 0 Å². The first-order valence-corrected chi connectivity index (χ1v) is 4.25. The Morgan fingerprint density at radius 2 is 1.91 bits per heavy atom. The van der Waals surface area contributed by atoms with E-state index in [1.807, 2.05) is 0 Å². The first kappa shape index (κ1) is 10.9. The van der Waals surface area contributed by atoms with Crippen molar-refractivity contribution in [3.8, 4) is 0 Å². The average molecular weight is 159 g/mol. The minimum absolute atomic E-state index is 0.222. The lowest BCUT2D eigenvalue weighted by molar-refractivity contribution is 0.241. The number of nitrogens with zero attached hydrogens (tertiary/aromatic N) is 1. The summed E-state index contributed by atoms with van der Waals surface area (Å²) >= 11 is 0. The molecular weight excluding hydrogens is 138 g/mol. The highest BCUT2D eigenvalue weighted by atomic mass is 15.1. The van der Waals surface area contributed by atoms with E-state index in [-0.39, 0.29) is 6.04 Å². The van der Waals surface area contributed by atoms with Gasteiger partial charge in [0.15, 0.2) is 0 Å². The quantitative estimate of drug-likeness (QED) is 0.594. The van der Waals surface area contributed by atoms with Crippen molar-refractivity contribution >= 4 is 0 Å². The van der Waals surface area contributed by atoms with Crippen LogP contribution in [0.3, 0.4) is 0 Å². The molecule has 0 fully saturated rings. The lowest BCUT2D eigenvalue weighted by atomic mass is 10.0. The molecule has 2 atom stereocenters. The molecule has 11 heavy (non-hydrogen) atoms. The van der Waals surface area contributed by atoms with Crippen molar-refractivity contribution in [3.05, 3.63) is 0 Å². The maximum atomic E-state index is 5.92. The lowest BCUT2D eigenvalue weighted by Gasteiger charge is -2.28. The van der Waals surface area contributed by atoms with Gasteiger partial charge in [0.25, 0.3) is 0 Å². The molecule has 0 heterocycles. The molecule has 0 bridgehead atoms. The molecule has 0 aromatic rings. The predicted octanol–water partition coefficient (Wildman–Crippen LogP) is 0.00270. The Bertz CT molecular complexity index is 93.3. The fraction of sp³-hybridized carbons (Fsp3) is 1.00. The molecule has 3 heteroatoms. The van der Waals surface area contributed by atoms with Gasteiger partial charge in [-0.2, -0.15) is 0 Å². The zero-order chi connectivity index (χ0) is 8.85. The Hall–Kier alpha value is -0.120. The molecule has 0 rings (SSSR count). The van der Waals surface area contributed by atoms with Crippen molar-refractivity contribution in [1.82, 2.24) is 4.90 Å². The maximum absolute atomic E-state index is 5.92. The Labute approximate surface area is 69.7 Å². The Kier molecular flexibility index (Phi) is 5.46. The summed E-state index contributed by atoms with van der Waals surface area (Å²) in [6.07, 6.45) is 2.00. The molecule has 0 aromatic carbocycles.